The molecule has 8 nitrogen and oxygen atoms in total. The Balaban J connectivity index is 1.49. The number of hydrogen-bond donors (Lipinski definition) is 3. The summed E-state index contributed by atoms with van der Waals surface area (Å²) in [5, 5.41) is 16.0. The smallest absolute Gasteiger partial charge is 0.409 e. The van der Waals surface area contributed by atoms with Crippen LogP contribution < -0.4 is 15.4 Å². The number of benzene rings is 2. The standard InChI is InChI=1S/C26H20ClN3O5S/c27-19-10-11-36-25(19)22(31)13-23(32)29-21-12-17(6-8-20(21)30-26(33)34)18-7-9-24(28-14-18)35-15-16-4-2-1-3-5-16/h1-12,14,30H,13,15H2,(H,29,32)(H,33,34). The first-order chi connectivity index (χ1) is 17.4. The van der Waals surface area contributed by atoms with Crippen LogP contribution in [0.3, 0.4) is 0 Å². The molecule has 0 spiro atoms. The van der Waals surface area contributed by atoms with E-state index in [2.05, 4.69) is 15.6 Å². The zero-order chi connectivity index (χ0) is 25.5. The van der Waals surface area contributed by atoms with E-state index < -0.39 is 24.2 Å². The van der Waals surface area contributed by atoms with Gasteiger partial charge in [-0.3, -0.25) is 14.9 Å². The lowest BCUT2D eigenvalue weighted by molar-refractivity contribution is -0.115. The average Bonchev–Trinajstić information content (AvgIpc) is 3.30. The van der Waals surface area contributed by atoms with E-state index in [-0.39, 0.29) is 16.4 Å². The first-order valence-electron chi connectivity index (χ1n) is 10.7. The Morgan fingerprint density at radius 2 is 1.72 bits per heavy atom. The highest BCUT2D eigenvalue weighted by Crippen LogP contribution is 2.30. The maximum Gasteiger partial charge on any atom is 0.409 e. The molecule has 10 heteroatoms. The second kappa shape index (κ2) is 11.5. The van der Waals surface area contributed by atoms with Crippen molar-refractivity contribution >= 4 is 52.1 Å². The van der Waals surface area contributed by atoms with E-state index in [1.54, 1.807) is 41.9 Å². The molecule has 3 N–H and O–H groups in total. The molecule has 0 atom stereocenters. The lowest BCUT2D eigenvalue weighted by Gasteiger charge is -2.13. The molecule has 36 heavy (non-hydrogen) atoms. The number of carbonyl (C=O) groups excluding carboxylic acids is 2. The maximum absolute atomic E-state index is 12.6. The molecule has 0 aliphatic carbocycles. The first kappa shape index (κ1) is 24.9. The highest BCUT2D eigenvalue weighted by molar-refractivity contribution is 7.12. The molecule has 182 valence electrons. The number of nitrogens with one attached hydrogen (secondary N) is 2. The van der Waals surface area contributed by atoms with Gasteiger partial charge in [0.05, 0.1) is 27.7 Å². The summed E-state index contributed by atoms with van der Waals surface area (Å²) in [6.07, 6.45) is -0.110. The van der Waals surface area contributed by atoms with Gasteiger partial charge in [0.2, 0.25) is 11.8 Å². The van der Waals surface area contributed by atoms with Crippen LogP contribution >= 0.6 is 22.9 Å². The first-order valence-corrected chi connectivity index (χ1v) is 12.0. The van der Waals surface area contributed by atoms with E-state index in [4.69, 9.17) is 21.4 Å². The molecule has 2 heterocycles. The molecule has 0 bridgehead atoms. The van der Waals surface area contributed by atoms with Crippen LogP contribution in [0.1, 0.15) is 21.7 Å². The number of carboxylic acid groups (broad SMARTS) is 1. The lowest BCUT2D eigenvalue weighted by atomic mass is 10.1. The number of halogens is 1. The maximum atomic E-state index is 12.6. The van der Waals surface area contributed by atoms with E-state index in [0.717, 1.165) is 22.5 Å². The molecule has 0 fully saturated rings. The van der Waals surface area contributed by atoms with E-state index in [1.807, 2.05) is 30.3 Å². The third kappa shape index (κ3) is 6.47. The fourth-order valence-corrected chi connectivity index (χ4v) is 4.43. The van der Waals surface area contributed by atoms with Crippen molar-refractivity contribution in [1.82, 2.24) is 4.98 Å². The summed E-state index contributed by atoms with van der Waals surface area (Å²) in [4.78, 5) is 40.8. The minimum absolute atomic E-state index is 0.164. The number of nitrogens with zero attached hydrogens (tertiary/aromatic N) is 1. The SMILES string of the molecule is O=C(O)Nc1ccc(-c2ccc(OCc3ccccc3)nc2)cc1NC(=O)CC(=O)c1sccc1Cl. The van der Waals surface area contributed by atoms with Gasteiger partial charge in [-0.25, -0.2) is 9.78 Å². The summed E-state index contributed by atoms with van der Waals surface area (Å²) in [7, 11) is 0. The lowest BCUT2D eigenvalue weighted by Crippen LogP contribution is -2.18. The molecular weight excluding hydrogens is 502 g/mol. The molecule has 0 saturated carbocycles. The van der Waals surface area contributed by atoms with Crippen LogP contribution in [0.5, 0.6) is 5.88 Å². The molecule has 2 aromatic carbocycles. The van der Waals surface area contributed by atoms with Crippen molar-refractivity contribution in [1.29, 1.82) is 0 Å². The number of ether oxygens (including phenoxy) is 1. The minimum atomic E-state index is -1.29. The van der Waals surface area contributed by atoms with Gasteiger partial charge in [0.25, 0.3) is 0 Å². The predicted octanol–water partition coefficient (Wildman–Crippen LogP) is 6.34. The van der Waals surface area contributed by atoms with Gasteiger partial charge in [0.1, 0.15) is 6.61 Å². The fourth-order valence-electron chi connectivity index (χ4n) is 3.33. The molecule has 0 aliphatic heterocycles. The van der Waals surface area contributed by atoms with Crippen LogP contribution in [-0.2, 0) is 11.4 Å². The summed E-state index contributed by atoms with van der Waals surface area (Å²) in [6.45, 7) is 0.383. The second-order valence-corrected chi connectivity index (χ2v) is 8.92. The van der Waals surface area contributed by atoms with Gasteiger partial charge in [0.15, 0.2) is 5.78 Å². The number of Topliss-reactive ketones (excluding diaryl/α,β-unsaturated/α-hetero) is 1. The van der Waals surface area contributed by atoms with Crippen molar-refractivity contribution in [2.45, 2.75) is 13.0 Å². The van der Waals surface area contributed by atoms with Gasteiger partial charge in [-0.2, -0.15) is 0 Å². The van der Waals surface area contributed by atoms with Crippen molar-refractivity contribution in [2.75, 3.05) is 10.6 Å². The quantitative estimate of drug-likeness (QED) is 0.175. The molecule has 0 saturated heterocycles. The van der Waals surface area contributed by atoms with Gasteiger partial charge in [-0.15, -0.1) is 11.3 Å². The number of rotatable bonds is 9. The largest absolute Gasteiger partial charge is 0.473 e. The van der Waals surface area contributed by atoms with Gasteiger partial charge in [-0.1, -0.05) is 48.0 Å². The van der Waals surface area contributed by atoms with Crippen LogP contribution in [0.2, 0.25) is 5.02 Å². The summed E-state index contributed by atoms with van der Waals surface area (Å²) < 4.78 is 5.71. The summed E-state index contributed by atoms with van der Waals surface area (Å²) in [5.74, 6) is -0.574. The van der Waals surface area contributed by atoms with Gasteiger partial charge in [-0.05, 0) is 40.8 Å². The molecule has 2 amide bonds. The Labute approximate surface area is 215 Å². The van der Waals surface area contributed by atoms with Crippen LogP contribution in [0.15, 0.2) is 78.3 Å². The monoisotopic (exact) mass is 521 g/mol. The highest BCUT2D eigenvalue weighted by atomic mass is 35.5. The number of amides is 2. The van der Waals surface area contributed by atoms with Crippen molar-refractivity contribution in [3.63, 3.8) is 0 Å². The number of anilines is 2. The minimum Gasteiger partial charge on any atom is -0.473 e. The topological polar surface area (TPSA) is 118 Å². The van der Waals surface area contributed by atoms with Crippen molar-refractivity contribution in [3.05, 3.63) is 93.8 Å². The summed E-state index contributed by atoms with van der Waals surface area (Å²) in [5.41, 5.74) is 2.79. The van der Waals surface area contributed by atoms with Gasteiger partial charge in [0, 0.05) is 17.8 Å². The molecular formula is C26H20ClN3O5S. The van der Waals surface area contributed by atoms with Crippen LogP contribution in [0, 0.1) is 0 Å². The van der Waals surface area contributed by atoms with Gasteiger partial charge >= 0.3 is 6.09 Å². The van der Waals surface area contributed by atoms with Gasteiger partial charge < -0.3 is 15.2 Å². The third-order valence-corrected chi connectivity index (χ3v) is 6.41. The molecule has 0 aliphatic rings. The number of hydrogen-bond acceptors (Lipinski definition) is 6. The summed E-state index contributed by atoms with van der Waals surface area (Å²) in [6, 6.07) is 19.7. The molecule has 4 aromatic rings. The van der Waals surface area contributed by atoms with E-state index >= 15 is 0 Å². The Bertz CT molecular complexity index is 1390. The van der Waals surface area contributed by atoms with Crippen molar-refractivity contribution < 1.29 is 24.2 Å². The van der Waals surface area contributed by atoms with E-state index in [9.17, 15) is 14.4 Å². The number of aromatic nitrogens is 1. The van der Waals surface area contributed by atoms with Crippen LogP contribution in [0.25, 0.3) is 11.1 Å². The van der Waals surface area contributed by atoms with E-state index in [0.29, 0.717) is 22.9 Å². The number of thiophene rings is 1. The Morgan fingerprint density at radius 1 is 0.944 bits per heavy atom. The number of carbonyl (C=O) groups is 3. The number of pyridine rings is 1. The van der Waals surface area contributed by atoms with Crippen molar-refractivity contribution in [3.8, 4) is 17.0 Å². The van der Waals surface area contributed by atoms with Crippen molar-refractivity contribution in [2.24, 2.45) is 0 Å². The number of ketones is 1. The van der Waals surface area contributed by atoms with E-state index in [1.165, 1.54) is 6.07 Å². The Hall–Kier alpha value is -4.21. The average molecular weight is 522 g/mol. The molecule has 4 rings (SSSR count). The van der Waals surface area contributed by atoms with Crippen LogP contribution in [0.4, 0.5) is 16.2 Å². The normalized spacial score (nSPS) is 10.5. The zero-order valence-corrected chi connectivity index (χ0v) is 20.3. The zero-order valence-electron chi connectivity index (χ0n) is 18.7. The fraction of sp³-hybridized carbons (Fsp3) is 0.0769. The Morgan fingerprint density at radius 3 is 2.39 bits per heavy atom. The third-order valence-electron chi connectivity index (χ3n) is 5.03. The van der Waals surface area contributed by atoms with Crippen LogP contribution in [-0.4, -0.2) is 27.9 Å². The predicted molar refractivity (Wildman–Crippen MR) is 139 cm³/mol. The second-order valence-electron chi connectivity index (χ2n) is 7.60. The molecule has 0 unspecified atom stereocenters. The highest BCUT2D eigenvalue weighted by Gasteiger charge is 2.18. The molecule has 0 radical (unpaired) electrons. The molecule has 2 aromatic heterocycles. The Kier molecular flexibility index (Phi) is 7.94. The summed E-state index contributed by atoms with van der Waals surface area (Å²) >= 11 is 7.13.